The molecule has 0 spiro atoms. The second-order valence-electron chi connectivity index (χ2n) is 2.73. The summed E-state index contributed by atoms with van der Waals surface area (Å²) in [6, 6.07) is 1.00. The molecular weight excluding hydrogens is 242 g/mol. The molecule has 0 heterocycles. The van der Waals surface area contributed by atoms with Gasteiger partial charge in [0.25, 0.3) is 15.8 Å². The molecule has 0 unspecified atom stereocenters. The van der Waals surface area contributed by atoms with Crippen LogP contribution in [0.4, 0.5) is 5.69 Å². The Labute approximate surface area is 89.0 Å². The predicted octanol–water partition coefficient (Wildman–Crippen LogP) is 0.360. The van der Waals surface area contributed by atoms with E-state index in [0.29, 0.717) is 12.1 Å². The maximum atomic E-state index is 10.7. The van der Waals surface area contributed by atoms with Gasteiger partial charge in [0.05, 0.1) is 10.5 Å². The summed E-state index contributed by atoms with van der Waals surface area (Å²) in [7, 11) is -4.78. The molecule has 0 aliphatic carbocycles. The van der Waals surface area contributed by atoms with Gasteiger partial charge in [-0.25, -0.2) is 0 Å². The van der Waals surface area contributed by atoms with Gasteiger partial charge in [0.15, 0.2) is 6.29 Å². The van der Waals surface area contributed by atoms with Gasteiger partial charge in [-0.2, -0.15) is 8.42 Å². The van der Waals surface area contributed by atoms with Crippen LogP contribution in [-0.4, -0.2) is 29.3 Å². The Bertz CT molecular complexity index is 562. The minimum atomic E-state index is -4.78. The topological polar surface area (TPSA) is 135 Å². The van der Waals surface area contributed by atoms with Gasteiger partial charge in [-0.15, -0.1) is 0 Å². The fourth-order valence-corrected chi connectivity index (χ4v) is 1.62. The number of nitrogens with zero attached hydrogens (tertiary/aromatic N) is 1. The zero-order valence-electron chi connectivity index (χ0n) is 7.52. The highest BCUT2D eigenvalue weighted by Gasteiger charge is 2.23. The first-order chi connectivity index (χ1) is 7.27. The van der Waals surface area contributed by atoms with Gasteiger partial charge in [-0.05, 0) is 6.07 Å². The lowest BCUT2D eigenvalue weighted by Crippen LogP contribution is -2.02. The van der Waals surface area contributed by atoms with Crippen LogP contribution in [0.25, 0.3) is 0 Å². The molecule has 9 heteroatoms. The number of aromatic hydroxyl groups is 1. The molecule has 0 saturated carbocycles. The molecule has 0 aliphatic rings. The van der Waals surface area contributed by atoms with Crippen molar-refractivity contribution in [1.29, 1.82) is 0 Å². The number of carbonyl (C=O) groups is 1. The SMILES string of the molecule is O=Cc1cc(O)c(S(=O)(=O)O)cc1[N+](=O)[O-]. The molecule has 0 fully saturated rings. The molecule has 1 aromatic carbocycles. The van der Waals surface area contributed by atoms with Crippen molar-refractivity contribution in [3.05, 3.63) is 27.8 Å². The first kappa shape index (κ1) is 12.1. The molecular formula is C7H5NO7S. The van der Waals surface area contributed by atoms with Gasteiger partial charge in [-0.1, -0.05) is 0 Å². The molecule has 8 nitrogen and oxygen atoms in total. The van der Waals surface area contributed by atoms with E-state index < -0.39 is 36.9 Å². The smallest absolute Gasteiger partial charge is 0.298 e. The van der Waals surface area contributed by atoms with E-state index in [1.807, 2.05) is 0 Å². The number of phenolic OH excluding ortho intramolecular Hbond substituents is 1. The summed E-state index contributed by atoms with van der Waals surface area (Å²) < 4.78 is 30.1. The highest BCUT2D eigenvalue weighted by Crippen LogP contribution is 2.29. The lowest BCUT2D eigenvalue weighted by molar-refractivity contribution is -0.385. The van der Waals surface area contributed by atoms with Crippen molar-refractivity contribution in [2.75, 3.05) is 0 Å². The molecule has 0 amide bonds. The van der Waals surface area contributed by atoms with Crippen molar-refractivity contribution in [3.63, 3.8) is 0 Å². The lowest BCUT2D eigenvalue weighted by Gasteiger charge is -2.02. The first-order valence-corrected chi connectivity index (χ1v) is 5.15. The summed E-state index contributed by atoms with van der Waals surface area (Å²) in [5.41, 5.74) is -1.31. The summed E-state index contributed by atoms with van der Waals surface area (Å²) in [4.78, 5) is 18.9. The number of nitro groups is 1. The minimum absolute atomic E-state index is 0.0889. The Morgan fingerprint density at radius 3 is 2.31 bits per heavy atom. The van der Waals surface area contributed by atoms with Crippen LogP contribution in [-0.2, 0) is 10.1 Å². The Kier molecular flexibility index (Phi) is 2.92. The van der Waals surface area contributed by atoms with Gasteiger partial charge in [0, 0.05) is 6.07 Å². The number of phenols is 1. The van der Waals surface area contributed by atoms with E-state index in [4.69, 9.17) is 9.66 Å². The van der Waals surface area contributed by atoms with E-state index >= 15 is 0 Å². The Morgan fingerprint density at radius 2 is 1.94 bits per heavy atom. The number of rotatable bonds is 3. The number of hydrogen-bond acceptors (Lipinski definition) is 6. The monoisotopic (exact) mass is 247 g/mol. The first-order valence-electron chi connectivity index (χ1n) is 3.71. The van der Waals surface area contributed by atoms with Gasteiger partial charge in [0.2, 0.25) is 0 Å². The third-order valence-corrected chi connectivity index (χ3v) is 2.59. The second kappa shape index (κ2) is 3.87. The number of carbonyl (C=O) groups excluding carboxylic acids is 1. The average Bonchev–Trinajstić information content (AvgIpc) is 2.14. The van der Waals surface area contributed by atoms with Gasteiger partial charge >= 0.3 is 0 Å². The Morgan fingerprint density at radius 1 is 1.38 bits per heavy atom. The Balaban J connectivity index is 3.64. The van der Waals surface area contributed by atoms with Crippen LogP contribution in [0, 0.1) is 10.1 Å². The van der Waals surface area contributed by atoms with Crippen molar-refractivity contribution in [2.24, 2.45) is 0 Å². The molecule has 0 bridgehead atoms. The van der Waals surface area contributed by atoms with E-state index in [1.165, 1.54) is 0 Å². The predicted molar refractivity (Wildman–Crippen MR) is 50.0 cm³/mol. The summed E-state index contributed by atoms with van der Waals surface area (Å²) in [5, 5.41) is 19.6. The molecule has 0 radical (unpaired) electrons. The molecule has 86 valence electrons. The van der Waals surface area contributed by atoms with Crippen molar-refractivity contribution in [3.8, 4) is 5.75 Å². The quantitative estimate of drug-likeness (QED) is 0.340. The van der Waals surface area contributed by atoms with E-state index in [-0.39, 0.29) is 6.29 Å². The third kappa shape index (κ3) is 2.15. The van der Waals surface area contributed by atoms with Crippen molar-refractivity contribution < 1.29 is 27.8 Å². The summed E-state index contributed by atoms with van der Waals surface area (Å²) in [6.07, 6.45) is 0.0889. The molecule has 0 atom stereocenters. The average molecular weight is 247 g/mol. The van der Waals surface area contributed by atoms with Crippen LogP contribution < -0.4 is 0 Å². The largest absolute Gasteiger partial charge is 0.506 e. The van der Waals surface area contributed by atoms with Crippen LogP contribution in [0.3, 0.4) is 0 Å². The number of hydrogen-bond donors (Lipinski definition) is 2. The molecule has 16 heavy (non-hydrogen) atoms. The fraction of sp³-hybridized carbons (Fsp3) is 0. The number of aldehydes is 1. The third-order valence-electron chi connectivity index (χ3n) is 1.71. The van der Waals surface area contributed by atoms with Gasteiger partial charge in [0.1, 0.15) is 10.6 Å². The fourth-order valence-electron chi connectivity index (χ4n) is 1.03. The van der Waals surface area contributed by atoms with Crippen LogP contribution in [0.5, 0.6) is 5.75 Å². The minimum Gasteiger partial charge on any atom is -0.506 e. The molecule has 1 rings (SSSR count). The normalized spacial score (nSPS) is 11.1. The van der Waals surface area contributed by atoms with E-state index in [2.05, 4.69) is 0 Å². The van der Waals surface area contributed by atoms with Crippen molar-refractivity contribution >= 4 is 22.1 Å². The van der Waals surface area contributed by atoms with E-state index in [0.717, 1.165) is 0 Å². The Hall–Kier alpha value is -2.00. The molecule has 0 aromatic heterocycles. The summed E-state index contributed by atoms with van der Waals surface area (Å²) in [5.74, 6) is -0.935. The summed E-state index contributed by atoms with van der Waals surface area (Å²) >= 11 is 0. The second-order valence-corrected chi connectivity index (χ2v) is 4.12. The van der Waals surface area contributed by atoms with Crippen LogP contribution in [0.2, 0.25) is 0 Å². The van der Waals surface area contributed by atoms with E-state index in [1.54, 1.807) is 0 Å². The highest BCUT2D eigenvalue weighted by molar-refractivity contribution is 7.86. The molecule has 2 N–H and O–H groups in total. The van der Waals surface area contributed by atoms with E-state index in [9.17, 15) is 23.3 Å². The van der Waals surface area contributed by atoms with Crippen LogP contribution in [0.15, 0.2) is 17.0 Å². The number of benzene rings is 1. The summed E-state index contributed by atoms with van der Waals surface area (Å²) in [6.45, 7) is 0. The van der Waals surface area contributed by atoms with Gasteiger partial charge < -0.3 is 5.11 Å². The zero-order chi connectivity index (χ0) is 12.5. The maximum Gasteiger partial charge on any atom is 0.298 e. The lowest BCUT2D eigenvalue weighted by atomic mass is 10.2. The number of nitro benzene ring substituents is 1. The molecule has 0 aliphatic heterocycles. The van der Waals surface area contributed by atoms with Gasteiger partial charge in [-0.3, -0.25) is 19.5 Å². The standard InChI is InChI=1S/C7H5NO7S/c9-3-4-1-6(10)7(16(13,14)15)2-5(4)8(11)12/h1-3,10H,(H,13,14,15). The highest BCUT2D eigenvalue weighted by atomic mass is 32.2. The zero-order valence-corrected chi connectivity index (χ0v) is 8.34. The van der Waals surface area contributed by atoms with Crippen molar-refractivity contribution in [2.45, 2.75) is 4.90 Å². The van der Waals surface area contributed by atoms with Crippen molar-refractivity contribution in [1.82, 2.24) is 0 Å². The molecule has 1 aromatic rings. The molecule has 0 saturated heterocycles. The maximum absolute atomic E-state index is 10.7. The van der Waals surface area contributed by atoms with Crippen LogP contribution in [0.1, 0.15) is 10.4 Å². The van der Waals surface area contributed by atoms with Crippen LogP contribution >= 0.6 is 0 Å².